The van der Waals surface area contributed by atoms with E-state index in [1.165, 1.54) is 11.8 Å². The first kappa shape index (κ1) is 19.2. The lowest BCUT2D eigenvalue weighted by Gasteiger charge is -2.37. The van der Waals surface area contributed by atoms with E-state index in [1.807, 2.05) is 60.4 Å². The quantitative estimate of drug-likeness (QED) is 0.810. The molecule has 3 rings (SSSR count). The molecule has 0 aliphatic carbocycles. The monoisotopic (exact) mass is 385 g/mol. The normalized spacial score (nSPS) is 14.2. The molecule has 5 nitrogen and oxygen atoms in total. The first-order chi connectivity index (χ1) is 12.9. The van der Waals surface area contributed by atoms with Crippen LogP contribution in [-0.2, 0) is 9.59 Å². The largest absolute Gasteiger partial charge is 0.368 e. The van der Waals surface area contributed by atoms with Crippen molar-refractivity contribution in [1.82, 2.24) is 4.90 Å². The first-order valence-electron chi connectivity index (χ1n) is 9.07. The van der Waals surface area contributed by atoms with Crippen LogP contribution >= 0.6 is 11.6 Å². The molecule has 6 heteroatoms. The zero-order valence-electron chi connectivity index (χ0n) is 15.7. The summed E-state index contributed by atoms with van der Waals surface area (Å²) in [4.78, 5) is 30.4. The second kappa shape index (κ2) is 8.44. The van der Waals surface area contributed by atoms with Crippen molar-refractivity contribution in [1.29, 1.82) is 0 Å². The van der Waals surface area contributed by atoms with E-state index in [4.69, 9.17) is 11.6 Å². The highest BCUT2D eigenvalue weighted by atomic mass is 35.5. The van der Waals surface area contributed by atoms with E-state index in [-0.39, 0.29) is 18.4 Å². The van der Waals surface area contributed by atoms with Crippen LogP contribution in [0.1, 0.15) is 12.5 Å². The molecule has 0 atom stereocenters. The molecule has 0 unspecified atom stereocenters. The van der Waals surface area contributed by atoms with Gasteiger partial charge in [-0.05, 0) is 37.3 Å². The average Bonchev–Trinajstić information content (AvgIpc) is 2.67. The number of anilines is 2. The van der Waals surface area contributed by atoms with Crippen LogP contribution in [0.3, 0.4) is 0 Å². The van der Waals surface area contributed by atoms with Crippen molar-refractivity contribution in [2.75, 3.05) is 42.5 Å². The second-order valence-electron chi connectivity index (χ2n) is 6.79. The van der Waals surface area contributed by atoms with Crippen LogP contribution in [-0.4, -0.2) is 49.4 Å². The topological polar surface area (TPSA) is 43.9 Å². The maximum absolute atomic E-state index is 12.7. The number of aryl methyl sites for hydroxylation is 1. The minimum absolute atomic E-state index is 0.0310. The minimum Gasteiger partial charge on any atom is -0.368 e. The number of carbonyl (C=O) groups is 2. The molecule has 1 saturated heterocycles. The Hall–Kier alpha value is -2.53. The Labute approximate surface area is 165 Å². The van der Waals surface area contributed by atoms with Crippen molar-refractivity contribution < 1.29 is 9.59 Å². The van der Waals surface area contributed by atoms with E-state index in [1.54, 1.807) is 0 Å². The van der Waals surface area contributed by atoms with E-state index >= 15 is 0 Å². The maximum atomic E-state index is 12.7. The Kier molecular flexibility index (Phi) is 6.01. The molecule has 0 bridgehead atoms. The van der Waals surface area contributed by atoms with E-state index in [9.17, 15) is 9.59 Å². The lowest BCUT2D eigenvalue weighted by atomic mass is 10.2. The van der Waals surface area contributed by atoms with E-state index in [0.717, 1.165) is 30.0 Å². The number of nitrogens with zero attached hydrogens (tertiary/aromatic N) is 3. The number of amides is 2. The SMILES string of the molecule is CC(=O)N(CC(=O)N1CCN(c2cccc(Cl)c2)CC1)c1ccc(C)cc1. The van der Waals surface area contributed by atoms with Gasteiger partial charge < -0.3 is 14.7 Å². The van der Waals surface area contributed by atoms with Crippen molar-refractivity contribution in [3.8, 4) is 0 Å². The van der Waals surface area contributed by atoms with Crippen molar-refractivity contribution in [3.05, 3.63) is 59.1 Å². The average molecular weight is 386 g/mol. The third kappa shape index (κ3) is 4.80. The number of hydrogen-bond donors (Lipinski definition) is 0. The van der Waals surface area contributed by atoms with Gasteiger partial charge in [-0.2, -0.15) is 0 Å². The standard InChI is InChI=1S/C21H24ClN3O2/c1-16-6-8-19(9-7-16)25(17(2)26)15-21(27)24-12-10-23(11-13-24)20-5-3-4-18(22)14-20/h3-9,14H,10-13,15H2,1-2H3. The van der Waals surface area contributed by atoms with Crippen molar-refractivity contribution in [3.63, 3.8) is 0 Å². The van der Waals surface area contributed by atoms with Crippen LogP contribution in [0.15, 0.2) is 48.5 Å². The Balaban J connectivity index is 1.61. The Morgan fingerprint density at radius 1 is 1.04 bits per heavy atom. The van der Waals surface area contributed by atoms with Gasteiger partial charge in [0.1, 0.15) is 6.54 Å². The van der Waals surface area contributed by atoms with Crippen molar-refractivity contribution in [2.24, 2.45) is 0 Å². The highest BCUT2D eigenvalue weighted by Gasteiger charge is 2.24. The summed E-state index contributed by atoms with van der Waals surface area (Å²) in [6.45, 7) is 6.30. The summed E-state index contributed by atoms with van der Waals surface area (Å²) in [5.74, 6) is -0.165. The van der Waals surface area contributed by atoms with Gasteiger partial charge in [-0.3, -0.25) is 9.59 Å². The molecule has 2 aromatic carbocycles. The summed E-state index contributed by atoms with van der Waals surface area (Å²) >= 11 is 6.07. The Morgan fingerprint density at radius 3 is 2.30 bits per heavy atom. The predicted molar refractivity (Wildman–Crippen MR) is 109 cm³/mol. The number of piperazine rings is 1. The first-order valence-corrected chi connectivity index (χ1v) is 9.45. The molecular formula is C21H24ClN3O2. The second-order valence-corrected chi connectivity index (χ2v) is 7.22. The van der Waals surface area contributed by atoms with Crippen LogP contribution < -0.4 is 9.80 Å². The molecule has 0 aromatic heterocycles. The van der Waals surface area contributed by atoms with E-state index in [0.29, 0.717) is 18.1 Å². The zero-order valence-corrected chi connectivity index (χ0v) is 16.4. The van der Waals surface area contributed by atoms with Crippen LogP contribution in [0.25, 0.3) is 0 Å². The van der Waals surface area contributed by atoms with Gasteiger partial charge in [-0.15, -0.1) is 0 Å². The van der Waals surface area contributed by atoms with Crippen LogP contribution in [0.4, 0.5) is 11.4 Å². The highest BCUT2D eigenvalue weighted by molar-refractivity contribution is 6.30. The summed E-state index contributed by atoms with van der Waals surface area (Å²) < 4.78 is 0. The molecular weight excluding hydrogens is 362 g/mol. The molecule has 0 N–H and O–H groups in total. The summed E-state index contributed by atoms with van der Waals surface area (Å²) in [5, 5.41) is 0.709. The lowest BCUT2D eigenvalue weighted by Crippen LogP contribution is -2.51. The van der Waals surface area contributed by atoms with E-state index < -0.39 is 0 Å². The number of halogens is 1. The number of hydrogen-bond acceptors (Lipinski definition) is 3. The highest BCUT2D eigenvalue weighted by Crippen LogP contribution is 2.21. The van der Waals surface area contributed by atoms with Gasteiger partial charge in [0.25, 0.3) is 0 Å². The van der Waals surface area contributed by atoms with Gasteiger partial charge in [0.05, 0.1) is 0 Å². The van der Waals surface area contributed by atoms with Gasteiger partial charge in [-0.1, -0.05) is 35.4 Å². The molecule has 1 aliphatic rings. The summed E-state index contributed by atoms with van der Waals surface area (Å²) in [5.41, 5.74) is 2.93. The van der Waals surface area contributed by atoms with Crippen LogP contribution in [0.5, 0.6) is 0 Å². The van der Waals surface area contributed by atoms with E-state index in [2.05, 4.69) is 4.90 Å². The molecule has 142 valence electrons. The molecule has 1 heterocycles. The van der Waals surface area contributed by atoms with Crippen LogP contribution in [0.2, 0.25) is 5.02 Å². The summed E-state index contributed by atoms with van der Waals surface area (Å²) in [6, 6.07) is 15.4. The third-order valence-corrected chi connectivity index (χ3v) is 5.06. The Bertz CT molecular complexity index is 814. The molecule has 27 heavy (non-hydrogen) atoms. The molecule has 0 spiro atoms. The lowest BCUT2D eigenvalue weighted by molar-refractivity contribution is -0.131. The fourth-order valence-electron chi connectivity index (χ4n) is 3.23. The number of rotatable bonds is 4. The molecule has 2 aromatic rings. The molecule has 1 aliphatic heterocycles. The number of benzene rings is 2. The van der Waals surface area contributed by atoms with Gasteiger partial charge in [0.2, 0.25) is 11.8 Å². The van der Waals surface area contributed by atoms with Gasteiger partial charge >= 0.3 is 0 Å². The van der Waals surface area contributed by atoms with Crippen molar-refractivity contribution in [2.45, 2.75) is 13.8 Å². The van der Waals surface area contributed by atoms with Crippen LogP contribution in [0, 0.1) is 6.92 Å². The van der Waals surface area contributed by atoms with Crippen molar-refractivity contribution >= 4 is 34.8 Å². The molecule has 0 saturated carbocycles. The minimum atomic E-state index is -0.134. The van der Waals surface area contributed by atoms with Gasteiger partial charge in [0.15, 0.2) is 0 Å². The molecule has 2 amide bonds. The predicted octanol–water partition coefficient (Wildman–Crippen LogP) is 3.35. The fourth-order valence-corrected chi connectivity index (χ4v) is 3.42. The summed E-state index contributed by atoms with van der Waals surface area (Å²) in [7, 11) is 0. The smallest absolute Gasteiger partial charge is 0.242 e. The number of carbonyl (C=O) groups excluding carboxylic acids is 2. The molecule has 1 fully saturated rings. The van der Waals surface area contributed by atoms with Gasteiger partial charge in [-0.25, -0.2) is 0 Å². The fraction of sp³-hybridized carbons (Fsp3) is 0.333. The third-order valence-electron chi connectivity index (χ3n) is 4.82. The molecule has 0 radical (unpaired) electrons. The Morgan fingerprint density at radius 2 is 1.70 bits per heavy atom. The zero-order chi connectivity index (χ0) is 19.4. The van der Waals surface area contributed by atoms with Gasteiger partial charge in [0, 0.05) is 49.5 Å². The summed E-state index contributed by atoms with van der Waals surface area (Å²) in [6.07, 6.45) is 0. The maximum Gasteiger partial charge on any atom is 0.242 e.